The van der Waals surface area contributed by atoms with Gasteiger partial charge in [-0.2, -0.15) is 5.10 Å². The standard InChI is InChI=1S/C14H18N6O2/c1-19-9-10(6-17-19)5-11-3-2-4-13(11)18-14-15-7-12(8-16-14)20(21)22/h6-9,11,13H,2-5H2,1H3,(H,15,16,18). The zero-order valence-corrected chi connectivity index (χ0v) is 12.3. The van der Waals surface area contributed by atoms with Crippen molar-refractivity contribution in [2.45, 2.75) is 31.7 Å². The van der Waals surface area contributed by atoms with Crippen LogP contribution in [0.1, 0.15) is 24.8 Å². The van der Waals surface area contributed by atoms with Crippen molar-refractivity contribution in [3.63, 3.8) is 0 Å². The molecule has 1 N–H and O–H groups in total. The number of rotatable bonds is 5. The third-order valence-corrected chi connectivity index (χ3v) is 4.08. The van der Waals surface area contributed by atoms with E-state index in [9.17, 15) is 10.1 Å². The van der Waals surface area contributed by atoms with Crippen LogP contribution in [-0.4, -0.2) is 30.7 Å². The fraction of sp³-hybridized carbons (Fsp3) is 0.500. The van der Waals surface area contributed by atoms with Gasteiger partial charge in [-0.1, -0.05) is 6.42 Å². The molecule has 0 aromatic carbocycles. The molecule has 1 saturated carbocycles. The van der Waals surface area contributed by atoms with Gasteiger partial charge in [0.15, 0.2) is 0 Å². The van der Waals surface area contributed by atoms with Crippen LogP contribution < -0.4 is 5.32 Å². The topological polar surface area (TPSA) is 98.8 Å². The van der Waals surface area contributed by atoms with E-state index >= 15 is 0 Å². The summed E-state index contributed by atoms with van der Waals surface area (Å²) in [5.41, 5.74) is 1.13. The molecule has 22 heavy (non-hydrogen) atoms. The van der Waals surface area contributed by atoms with E-state index in [1.165, 1.54) is 18.0 Å². The summed E-state index contributed by atoms with van der Waals surface area (Å²) in [6.07, 6.45) is 10.8. The summed E-state index contributed by atoms with van der Waals surface area (Å²) < 4.78 is 1.81. The first kappa shape index (κ1) is 14.4. The molecule has 2 unspecified atom stereocenters. The van der Waals surface area contributed by atoms with Crippen LogP contribution >= 0.6 is 0 Å². The van der Waals surface area contributed by atoms with Crippen LogP contribution in [-0.2, 0) is 13.5 Å². The van der Waals surface area contributed by atoms with Crippen LogP contribution in [0, 0.1) is 16.0 Å². The molecule has 2 aromatic rings. The minimum atomic E-state index is -0.495. The van der Waals surface area contributed by atoms with Gasteiger partial charge in [-0.05, 0) is 30.7 Å². The maximum atomic E-state index is 10.6. The van der Waals surface area contributed by atoms with Crippen molar-refractivity contribution in [1.29, 1.82) is 0 Å². The van der Waals surface area contributed by atoms with Crippen LogP contribution in [0.5, 0.6) is 0 Å². The van der Waals surface area contributed by atoms with E-state index in [1.807, 2.05) is 24.1 Å². The Morgan fingerprint density at radius 3 is 2.77 bits per heavy atom. The molecular formula is C14H18N6O2. The van der Waals surface area contributed by atoms with Crippen molar-refractivity contribution in [2.24, 2.45) is 13.0 Å². The number of aromatic nitrogens is 4. The number of anilines is 1. The summed E-state index contributed by atoms with van der Waals surface area (Å²) in [4.78, 5) is 18.2. The molecule has 2 atom stereocenters. The molecule has 0 amide bonds. The monoisotopic (exact) mass is 302 g/mol. The molecule has 1 aliphatic carbocycles. The quantitative estimate of drug-likeness (QED) is 0.669. The van der Waals surface area contributed by atoms with Gasteiger partial charge < -0.3 is 5.32 Å². The summed E-state index contributed by atoms with van der Waals surface area (Å²) in [7, 11) is 1.92. The Morgan fingerprint density at radius 2 is 2.14 bits per heavy atom. The van der Waals surface area contributed by atoms with Crippen molar-refractivity contribution in [2.75, 3.05) is 5.32 Å². The van der Waals surface area contributed by atoms with Gasteiger partial charge in [0.1, 0.15) is 12.4 Å². The lowest BCUT2D eigenvalue weighted by Gasteiger charge is -2.20. The van der Waals surface area contributed by atoms with Crippen molar-refractivity contribution < 1.29 is 4.92 Å². The number of hydrogen-bond acceptors (Lipinski definition) is 6. The molecule has 8 nitrogen and oxygen atoms in total. The molecule has 116 valence electrons. The highest BCUT2D eigenvalue weighted by atomic mass is 16.6. The molecule has 0 bridgehead atoms. The van der Waals surface area contributed by atoms with Crippen molar-refractivity contribution in [3.8, 4) is 0 Å². The fourth-order valence-electron chi connectivity index (χ4n) is 3.01. The van der Waals surface area contributed by atoms with Crippen molar-refractivity contribution in [1.82, 2.24) is 19.7 Å². The highest BCUT2D eigenvalue weighted by Crippen LogP contribution is 2.30. The summed E-state index contributed by atoms with van der Waals surface area (Å²) in [5.74, 6) is 0.955. The second-order valence-electron chi connectivity index (χ2n) is 5.69. The number of nitrogens with one attached hydrogen (secondary N) is 1. The third-order valence-electron chi connectivity index (χ3n) is 4.08. The number of aryl methyl sites for hydroxylation is 1. The lowest BCUT2D eigenvalue weighted by molar-refractivity contribution is -0.385. The average Bonchev–Trinajstić information content (AvgIpc) is 3.10. The van der Waals surface area contributed by atoms with E-state index in [0.717, 1.165) is 25.7 Å². The minimum absolute atomic E-state index is 0.0936. The Hall–Kier alpha value is -2.51. The Labute approximate surface area is 127 Å². The third kappa shape index (κ3) is 3.21. The van der Waals surface area contributed by atoms with E-state index in [4.69, 9.17) is 0 Å². The normalized spacial score (nSPS) is 21.0. The van der Waals surface area contributed by atoms with Gasteiger partial charge in [0.25, 0.3) is 0 Å². The molecule has 1 fully saturated rings. The SMILES string of the molecule is Cn1cc(CC2CCCC2Nc2ncc([N+](=O)[O-])cn2)cn1. The zero-order chi connectivity index (χ0) is 15.5. The highest BCUT2D eigenvalue weighted by molar-refractivity contribution is 5.32. The fourth-order valence-corrected chi connectivity index (χ4v) is 3.01. The van der Waals surface area contributed by atoms with E-state index < -0.39 is 4.92 Å². The Balaban J connectivity index is 1.64. The Kier molecular flexibility index (Phi) is 3.99. The van der Waals surface area contributed by atoms with Gasteiger partial charge in [0.05, 0.1) is 11.1 Å². The first-order valence-corrected chi connectivity index (χ1v) is 7.32. The summed E-state index contributed by atoms with van der Waals surface area (Å²) in [5, 5.41) is 18.1. The predicted octanol–water partition coefficient (Wildman–Crippen LogP) is 1.94. The Morgan fingerprint density at radius 1 is 1.36 bits per heavy atom. The molecule has 0 saturated heterocycles. The smallest absolute Gasteiger partial charge is 0.305 e. The highest BCUT2D eigenvalue weighted by Gasteiger charge is 2.28. The second kappa shape index (κ2) is 6.08. The molecular weight excluding hydrogens is 284 g/mol. The molecule has 0 radical (unpaired) electrons. The van der Waals surface area contributed by atoms with Crippen LogP contribution in [0.2, 0.25) is 0 Å². The number of nitrogens with zero attached hydrogens (tertiary/aromatic N) is 5. The van der Waals surface area contributed by atoms with Gasteiger partial charge in [-0.25, -0.2) is 9.97 Å². The van der Waals surface area contributed by atoms with Crippen LogP contribution in [0.4, 0.5) is 11.6 Å². The lowest BCUT2D eigenvalue weighted by atomic mass is 9.96. The Bertz CT molecular complexity index is 654. The van der Waals surface area contributed by atoms with Crippen LogP contribution in [0.15, 0.2) is 24.8 Å². The molecule has 2 aromatic heterocycles. The first-order valence-electron chi connectivity index (χ1n) is 7.32. The zero-order valence-electron chi connectivity index (χ0n) is 12.3. The molecule has 8 heteroatoms. The molecule has 1 aliphatic rings. The van der Waals surface area contributed by atoms with Gasteiger partial charge in [-0.3, -0.25) is 14.8 Å². The molecule has 0 spiro atoms. The molecule has 2 heterocycles. The van der Waals surface area contributed by atoms with Crippen LogP contribution in [0.25, 0.3) is 0 Å². The van der Waals surface area contributed by atoms with Gasteiger partial charge >= 0.3 is 5.69 Å². The van der Waals surface area contributed by atoms with Crippen molar-refractivity contribution in [3.05, 3.63) is 40.5 Å². The van der Waals surface area contributed by atoms with E-state index in [1.54, 1.807) is 0 Å². The maximum Gasteiger partial charge on any atom is 0.305 e. The largest absolute Gasteiger partial charge is 0.351 e. The van der Waals surface area contributed by atoms with E-state index in [2.05, 4.69) is 20.4 Å². The number of nitro groups is 1. The predicted molar refractivity (Wildman–Crippen MR) is 80.4 cm³/mol. The van der Waals surface area contributed by atoms with Crippen molar-refractivity contribution >= 4 is 11.6 Å². The minimum Gasteiger partial charge on any atom is -0.351 e. The summed E-state index contributed by atoms with van der Waals surface area (Å²) in [6.45, 7) is 0. The second-order valence-corrected chi connectivity index (χ2v) is 5.69. The van der Waals surface area contributed by atoms with Crippen LogP contribution in [0.3, 0.4) is 0 Å². The average molecular weight is 302 g/mol. The summed E-state index contributed by atoms with van der Waals surface area (Å²) in [6, 6.07) is 0.293. The molecule has 3 rings (SSSR count). The van der Waals surface area contributed by atoms with Gasteiger partial charge in [0, 0.05) is 19.3 Å². The first-order chi connectivity index (χ1) is 10.6. The van der Waals surface area contributed by atoms with E-state index in [0.29, 0.717) is 17.9 Å². The summed E-state index contributed by atoms with van der Waals surface area (Å²) >= 11 is 0. The van der Waals surface area contributed by atoms with E-state index in [-0.39, 0.29) is 5.69 Å². The maximum absolute atomic E-state index is 10.6. The lowest BCUT2D eigenvalue weighted by Crippen LogP contribution is -2.26. The van der Waals surface area contributed by atoms with Gasteiger partial charge in [0.2, 0.25) is 5.95 Å². The molecule has 0 aliphatic heterocycles. The number of hydrogen-bond donors (Lipinski definition) is 1. The van der Waals surface area contributed by atoms with Gasteiger partial charge in [-0.15, -0.1) is 0 Å².